The molecular formula is C22H21F5N6O2. The Kier molecular flexibility index (Phi) is 6.11. The van der Waals surface area contributed by atoms with Crippen molar-refractivity contribution < 1.29 is 31.5 Å². The van der Waals surface area contributed by atoms with Crippen LogP contribution in [0.5, 0.6) is 0 Å². The Bertz CT molecular complexity index is 1310. The van der Waals surface area contributed by atoms with Gasteiger partial charge in [0.25, 0.3) is 5.91 Å². The van der Waals surface area contributed by atoms with Crippen LogP contribution in [0, 0.1) is 11.7 Å². The van der Waals surface area contributed by atoms with Gasteiger partial charge in [-0.1, -0.05) is 13.8 Å². The maximum atomic E-state index is 14.7. The highest BCUT2D eigenvalue weighted by Crippen LogP contribution is 2.39. The lowest BCUT2D eigenvalue weighted by molar-refractivity contribution is -0.136. The Labute approximate surface area is 195 Å². The summed E-state index contributed by atoms with van der Waals surface area (Å²) in [5.41, 5.74) is 3.14. The maximum absolute atomic E-state index is 14.7. The molecule has 0 spiro atoms. The number of alkyl halides is 4. The average molecular weight is 496 g/mol. The lowest BCUT2D eigenvalue weighted by Gasteiger charge is -2.18. The summed E-state index contributed by atoms with van der Waals surface area (Å²) in [4.78, 5) is 29.8. The molecule has 0 unspecified atom stereocenters. The van der Waals surface area contributed by atoms with E-state index in [4.69, 9.17) is 5.73 Å². The number of benzene rings is 1. The minimum atomic E-state index is -4.83. The highest BCUT2D eigenvalue weighted by molar-refractivity contribution is 5.96. The number of anilines is 1. The lowest BCUT2D eigenvalue weighted by atomic mass is 10.1. The number of hydrogen-bond acceptors (Lipinski definition) is 5. The van der Waals surface area contributed by atoms with Crippen molar-refractivity contribution in [2.75, 3.05) is 18.8 Å². The topological polar surface area (TPSA) is 106 Å². The van der Waals surface area contributed by atoms with Gasteiger partial charge in [0.2, 0.25) is 5.91 Å². The van der Waals surface area contributed by atoms with Crippen LogP contribution in [-0.4, -0.2) is 56.6 Å². The number of likely N-dealkylation sites (tertiary alicyclic amines) is 1. The number of nitrogen functional groups attached to an aromatic ring is 1. The number of fused-ring (bicyclic) bond motifs is 1. The van der Waals surface area contributed by atoms with Crippen molar-refractivity contribution in [3.05, 3.63) is 47.5 Å². The molecule has 8 nitrogen and oxygen atoms in total. The summed E-state index contributed by atoms with van der Waals surface area (Å²) in [6.07, 6.45) is -5.41. The van der Waals surface area contributed by atoms with E-state index in [2.05, 4.69) is 15.4 Å². The standard InChI is InChI=1S/C22H21F5N6O2/c1-10(2)21(35)32-7-15(24)16(8-32)31-20(34)11-3-4-14(23)12(5-11)17-6-13(22(25,26)27)18-19(28)29-9-30-33(17)18/h3-6,9-10,15-16H,7-8H2,1-2H3,(H,31,34)(H2,28,29,30)/t15-,16+/m0/s1. The van der Waals surface area contributed by atoms with E-state index in [1.165, 1.54) is 4.90 Å². The Morgan fingerprint density at radius 2 is 1.91 bits per heavy atom. The van der Waals surface area contributed by atoms with Crippen LogP contribution in [-0.2, 0) is 11.0 Å². The fourth-order valence-electron chi connectivity index (χ4n) is 4.04. The summed E-state index contributed by atoms with van der Waals surface area (Å²) < 4.78 is 70.8. The van der Waals surface area contributed by atoms with Crippen LogP contribution in [0.2, 0.25) is 0 Å². The van der Waals surface area contributed by atoms with Crippen molar-refractivity contribution in [3.8, 4) is 11.3 Å². The number of nitrogens with two attached hydrogens (primary N) is 1. The number of amides is 2. The van der Waals surface area contributed by atoms with E-state index in [0.29, 0.717) is 6.07 Å². The lowest BCUT2D eigenvalue weighted by Crippen LogP contribution is -2.42. The zero-order valence-corrected chi connectivity index (χ0v) is 18.6. The molecule has 13 heteroatoms. The first-order valence-electron chi connectivity index (χ1n) is 10.6. The van der Waals surface area contributed by atoms with Gasteiger partial charge in [-0.15, -0.1) is 0 Å². The predicted molar refractivity (Wildman–Crippen MR) is 115 cm³/mol. The average Bonchev–Trinajstić information content (AvgIpc) is 3.35. The highest BCUT2D eigenvalue weighted by atomic mass is 19.4. The first kappa shape index (κ1) is 24.4. The zero-order valence-electron chi connectivity index (χ0n) is 18.6. The molecule has 4 rings (SSSR count). The molecule has 3 heterocycles. The Balaban J connectivity index is 1.67. The molecule has 0 aliphatic carbocycles. The van der Waals surface area contributed by atoms with Crippen LogP contribution in [0.1, 0.15) is 29.8 Å². The minimum absolute atomic E-state index is 0.0353. The summed E-state index contributed by atoms with van der Waals surface area (Å²) in [5.74, 6) is -2.74. The van der Waals surface area contributed by atoms with E-state index >= 15 is 0 Å². The first-order chi connectivity index (χ1) is 16.4. The fraction of sp³-hybridized carbons (Fsp3) is 0.364. The molecule has 3 N–H and O–H groups in total. The smallest absolute Gasteiger partial charge is 0.382 e. The quantitative estimate of drug-likeness (QED) is 0.541. The summed E-state index contributed by atoms with van der Waals surface area (Å²) in [6.45, 7) is 3.14. The molecule has 1 aliphatic rings. The molecule has 1 aromatic carbocycles. The number of rotatable bonds is 4. The number of aromatic nitrogens is 3. The number of nitrogens with one attached hydrogen (secondary N) is 1. The predicted octanol–water partition coefficient (Wildman–Crippen LogP) is 3.07. The maximum Gasteiger partial charge on any atom is 0.418 e. The van der Waals surface area contributed by atoms with Crippen LogP contribution < -0.4 is 11.1 Å². The second kappa shape index (κ2) is 8.78. The molecule has 35 heavy (non-hydrogen) atoms. The number of nitrogens with zero attached hydrogens (tertiary/aromatic N) is 4. The molecule has 2 amide bonds. The molecule has 1 fully saturated rings. The van der Waals surface area contributed by atoms with Gasteiger partial charge < -0.3 is 16.0 Å². The summed E-state index contributed by atoms with van der Waals surface area (Å²) in [6, 6.07) is 2.76. The van der Waals surface area contributed by atoms with Gasteiger partial charge in [0.1, 0.15) is 23.8 Å². The van der Waals surface area contributed by atoms with Crippen molar-refractivity contribution in [2.24, 2.45) is 5.92 Å². The molecule has 0 bridgehead atoms. The monoisotopic (exact) mass is 496 g/mol. The minimum Gasteiger partial charge on any atom is -0.382 e. The third-order valence-corrected chi connectivity index (χ3v) is 5.76. The number of halogens is 5. The van der Waals surface area contributed by atoms with Crippen molar-refractivity contribution in [1.29, 1.82) is 0 Å². The number of carbonyl (C=O) groups is 2. The van der Waals surface area contributed by atoms with Crippen LogP contribution in [0.15, 0.2) is 30.6 Å². The fourth-order valence-corrected chi connectivity index (χ4v) is 4.04. The van der Waals surface area contributed by atoms with Crippen molar-refractivity contribution in [1.82, 2.24) is 24.8 Å². The Hall–Kier alpha value is -3.77. The van der Waals surface area contributed by atoms with Gasteiger partial charge in [-0.3, -0.25) is 9.59 Å². The molecule has 1 saturated heterocycles. The highest BCUT2D eigenvalue weighted by Gasteiger charge is 2.38. The molecule has 186 valence electrons. The van der Waals surface area contributed by atoms with Gasteiger partial charge >= 0.3 is 6.18 Å². The number of hydrogen-bond donors (Lipinski definition) is 2. The largest absolute Gasteiger partial charge is 0.418 e. The Morgan fingerprint density at radius 1 is 1.20 bits per heavy atom. The molecular weight excluding hydrogens is 475 g/mol. The van der Waals surface area contributed by atoms with Crippen molar-refractivity contribution in [3.63, 3.8) is 0 Å². The van der Waals surface area contributed by atoms with Crippen molar-refractivity contribution >= 4 is 23.1 Å². The van der Waals surface area contributed by atoms with E-state index in [1.54, 1.807) is 13.8 Å². The summed E-state index contributed by atoms with van der Waals surface area (Å²) in [5, 5.41) is 6.25. The summed E-state index contributed by atoms with van der Waals surface area (Å²) >= 11 is 0. The van der Waals surface area contributed by atoms with E-state index < -0.39 is 47.0 Å². The molecule has 2 aromatic heterocycles. The third kappa shape index (κ3) is 4.49. The van der Waals surface area contributed by atoms with Crippen LogP contribution in [0.4, 0.5) is 27.8 Å². The van der Waals surface area contributed by atoms with Gasteiger partial charge in [0, 0.05) is 23.6 Å². The molecule has 2 atom stereocenters. The molecule has 0 radical (unpaired) electrons. The Morgan fingerprint density at radius 3 is 2.57 bits per heavy atom. The SMILES string of the molecule is CC(C)C(=O)N1C[C@H](F)[C@H](NC(=O)c2ccc(F)c(-c3cc(C(F)(F)F)c4c(N)ncnn34)c2)C1. The van der Waals surface area contributed by atoms with Crippen LogP contribution in [0.25, 0.3) is 16.8 Å². The van der Waals surface area contributed by atoms with Gasteiger partial charge in [-0.2, -0.15) is 18.3 Å². The van der Waals surface area contributed by atoms with E-state index in [1.807, 2.05) is 0 Å². The van der Waals surface area contributed by atoms with Gasteiger partial charge in [-0.25, -0.2) is 18.3 Å². The summed E-state index contributed by atoms with van der Waals surface area (Å²) in [7, 11) is 0. The van der Waals surface area contributed by atoms with Crippen LogP contribution >= 0.6 is 0 Å². The second-order valence-electron chi connectivity index (χ2n) is 8.54. The van der Waals surface area contributed by atoms with Gasteiger partial charge in [0.05, 0.1) is 23.8 Å². The number of carbonyl (C=O) groups excluding carboxylic acids is 2. The van der Waals surface area contributed by atoms with Crippen LogP contribution in [0.3, 0.4) is 0 Å². The molecule has 0 saturated carbocycles. The molecule has 3 aromatic rings. The first-order valence-corrected chi connectivity index (χ1v) is 10.6. The second-order valence-corrected chi connectivity index (χ2v) is 8.54. The van der Waals surface area contributed by atoms with E-state index in [-0.39, 0.29) is 41.7 Å². The normalized spacial score (nSPS) is 18.5. The van der Waals surface area contributed by atoms with E-state index in [9.17, 15) is 31.5 Å². The molecule has 1 aliphatic heterocycles. The van der Waals surface area contributed by atoms with Crippen molar-refractivity contribution in [2.45, 2.75) is 32.2 Å². The van der Waals surface area contributed by atoms with Gasteiger partial charge in [0.15, 0.2) is 5.82 Å². The zero-order chi connectivity index (χ0) is 25.7. The third-order valence-electron chi connectivity index (χ3n) is 5.76. The van der Waals surface area contributed by atoms with E-state index in [0.717, 1.165) is 29.0 Å². The van der Waals surface area contributed by atoms with Gasteiger partial charge in [-0.05, 0) is 24.3 Å².